The van der Waals surface area contributed by atoms with Gasteiger partial charge in [-0.15, -0.1) is 0 Å². The van der Waals surface area contributed by atoms with Gasteiger partial charge in [0.1, 0.15) is 6.04 Å². The van der Waals surface area contributed by atoms with E-state index in [1.54, 1.807) is 19.5 Å². The molecule has 2 N–H and O–H groups in total. The van der Waals surface area contributed by atoms with Crippen LogP contribution < -0.4 is 20.1 Å². The van der Waals surface area contributed by atoms with Crippen molar-refractivity contribution in [2.75, 3.05) is 40.1 Å². The summed E-state index contributed by atoms with van der Waals surface area (Å²) < 4.78 is 16.2. The molecule has 2 aliphatic heterocycles. The van der Waals surface area contributed by atoms with Crippen molar-refractivity contribution in [3.8, 4) is 11.5 Å². The molecule has 4 rings (SSSR count). The van der Waals surface area contributed by atoms with Crippen LogP contribution in [0.25, 0.3) is 0 Å². The van der Waals surface area contributed by atoms with E-state index in [9.17, 15) is 4.79 Å². The van der Waals surface area contributed by atoms with Gasteiger partial charge in [0, 0.05) is 26.0 Å². The Hall–Kier alpha value is -2.62. The first-order valence-electron chi connectivity index (χ1n) is 11.7. The second-order valence-electron chi connectivity index (χ2n) is 8.66. The number of hydrogen-bond acceptors (Lipinski definition) is 7. The number of fused-ring (bicyclic) bond motifs is 1. The van der Waals surface area contributed by atoms with E-state index in [-0.39, 0.29) is 12.7 Å². The maximum atomic E-state index is 13.2. The van der Waals surface area contributed by atoms with E-state index in [1.807, 2.05) is 30.3 Å². The zero-order chi connectivity index (χ0) is 22.9. The number of carbonyl (C=O) groups excluding carboxylic acids is 1. The highest BCUT2D eigenvalue weighted by Gasteiger charge is 2.24. The summed E-state index contributed by atoms with van der Waals surface area (Å²) in [6.07, 6.45) is 7.69. The number of benzene rings is 1. The van der Waals surface area contributed by atoms with Gasteiger partial charge >= 0.3 is 7.62 Å². The second kappa shape index (κ2) is 12.0. The molecule has 1 aromatic carbocycles. The lowest BCUT2D eigenvalue weighted by Crippen LogP contribution is -2.40. The minimum Gasteiger partial charge on any atom is -0.454 e. The molecular formula is C24H33BN4O4. The monoisotopic (exact) mass is 452 g/mol. The number of pyridine rings is 1. The van der Waals surface area contributed by atoms with Crippen LogP contribution in [0.2, 0.25) is 0 Å². The second-order valence-corrected chi connectivity index (χ2v) is 8.66. The standard InChI is InChI=1S/C24H33BN4O4/c1-31-25-29-14-8-19(9-15-29)6-12-27-23(20-2-3-21-22(16-20)33-17-32-21)24(30)28-13-7-18-4-10-26-11-5-18/h2-5,10-11,16,19,23,25,27H,6-9,12-15,17H2,1H3,(H,28,30). The highest BCUT2D eigenvalue weighted by atomic mass is 16.7. The summed E-state index contributed by atoms with van der Waals surface area (Å²) in [6.45, 7) is 3.71. The lowest BCUT2D eigenvalue weighted by Gasteiger charge is -2.31. The number of ether oxygens (including phenoxy) is 2. The van der Waals surface area contributed by atoms with Crippen LogP contribution in [0.1, 0.15) is 36.4 Å². The van der Waals surface area contributed by atoms with Crippen molar-refractivity contribution in [3.05, 3.63) is 53.9 Å². The van der Waals surface area contributed by atoms with E-state index in [0.29, 0.717) is 25.8 Å². The largest absolute Gasteiger partial charge is 0.454 e. The molecule has 0 saturated carbocycles. The van der Waals surface area contributed by atoms with Gasteiger partial charge in [-0.25, -0.2) is 0 Å². The van der Waals surface area contributed by atoms with Gasteiger partial charge in [-0.3, -0.25) is 9.78 Å². The van der Waals surface area contributed by atoms with E-state index in [1.165, 1.54) is 0 Å². The van der Waals surface area contributed by atoms with Crippen LogP contribution in [0.5, 0.6) is 11.5 Å². The molecule has 0 aliphatic carbocycles. The Morgan fingerprint density at radius 3 is 2.76 bits per heavy atom. The number of nitrogens with one attached hydrogen (secondary N) is 2. The Labute approximate surface area is 196 Å². The highest BCUT2D eigenvalue weighted by Crippen LogP contribution is 2.34. The lowest BCUT2D eigenvalue weighted by molar-refractivity contribution is -0.123. The molecule has 33 heavy (non-hydrogen) atoms. The van der Waals surface area contributed by atoms with E-state index < -0.39 is 6.04 Å². The number of hydrogen-bond donors (Lipinski definition) is 2. The summed E-state index contributed by atoms with van der Waals surface area (Å²) >= 11 is 0. The first kappa shape index (κ1) is 23.5. The molecule has 1 fully saturated rings. The molecule has 0 bridgehead atoms. The topological polar surface area (TPSA) is 85.0 Å². The maximum Gasteiger partial charge on any atom is 0.363 e. The molecule has 1 amide bonds. The Morgan fingerprint density at radius 2 is 1.97 bits per heavy atom. The van der Waals surface area contributed by atoms with E-state index >= 15 is 0 Å². The molecule has 1 saturated heterocycles. The zero-order valence-corrected chi connectivity index (χ0v) is 19.3. The van der Waals surface area contributed by atoms with Crippen molar-refractivity contribution in [2.24, 2.45) is 5.92 Å². The summed E-state index contributed by atoms with van der Waals surface area (Å²) in [6, 6.07) is 9.23. The average molecular weight is 452 g/mol. The van der Waals surface area contributed by atoms with Gasteiger partial charge in [-0.05, 0) is 86.6 Å². The molecule has 176 valence electrons. The summed E-state index contributed by atoms with van der Waals surface area (Å²) in [4.78, 5) is 19.5. The molecule has 2 aromatic rings. The first-order valence-corrected chi connectivity index (χ1v) is 11.7. The molecule has 1 unspecified atom stereocenters. The lowest BCUT2D eigenvalue weighted by atomic mass is 9.91. The number of rotatable bonds is 11. The predicted molar refractivity (Wildman–Crippen MR) is 127 cm³/mol. The SMILES string of the molecule is COBN1CCC(CCNC(C(=O)NCCc2ccncc2)c2ccc3c(c2)OCO3)CC1. The molecule has 1 aromatic heterocycles. The number of aromatic nitrogens is 1. The van der Waals surface area contributed by atoms with Crippen molar-refractivity contribution in [2.45, 2.75) is 31.7 Å². The number of piperidine rings is 1. The number of amides is 1. The molecular weight excluding hydrogens is 419 g/mol. The van der Waals surface area contributed by atoms with Crippen LogP contribution >= 0.6 is 0 Å². The molecule has 1 atom stereocenters. The summed E-state index contributed by atoms with van der Waals surface area (Å²) in [5, 5.41) is 6.59. The third kappa shape index (κ3) is 6.69. The van der Waals surface area contributed by atoms with Crippen LogP contribution in [-0.4, -0.2) is 63.4 Å². The number of nitrogens with zero attached hydrogens (tertiary/aromatic N) is 2. The van der Waals surface area contributed by atoms with Crippen LogP contribution in [0.4, 0.5) is 0 Å². The van der Waals surface area contributed by atoms with Crippen LogP contribution in [0, 0.1) is 5.92 Å². The molecule has 8 nitrogen and oxygen atoms in total. The fourth-order valence-electron chi connectivity index (χ4n) is 4.45. The summed E-state index contributed by atoms with van der Waals surface area (Å²) in [5.41, 5.74) is 2.04. The minimum atomic E-state index is -0.439. The molecule has 0 spiro atoms. The van der Waals surface area contributed by atoms with Gasteiger partial charge in [0.15, 0.2) is 11.5 Å². The van der Waals surface area contributed by atoms with Crippen LogP contribution in [0.3, 0.4) is 0 Å². The van der Waals surface area contributed by atoms with E-state index in [2.05, 4.69) is 20.4 Å². The van der Waals surface area contributed by atoms with Gasteiger partial charge in [-0.1, -0.05) is 6.07 Å². The third-order valence-corrected chi connectivity index (χ3v) is 6.37. The Morgan fingerprint density at radius 1 is 1.18 bits per heavy atom. The molecule has 3 heterocycles. The van der Waals surface area contributed by atoms with E-state index in [0.717, 1.165) is 62.2 Å². The van der Waals surface area contributed by atoms with Gasteiger partial charge in [0.25, 0.3) is 0 Å². The Bertz CT molecular complexity index is 893. The van der Waals surface area contributed by atoms with Crippen LogP contribution in [0.15, 0.2) is 42.7 Å². The normalized spacial score (nSPS) is 17.0. The Kier molecular flexibility index (Phi) is 8.57. The highest BCUT2D eigenvalue weighted by molar-refractivity contribution is 6.23. The molecule has 9 heteroatoms. The quantitative estimate of drug-likeness (QED) is 0.503. The fourth-order valence-corrected chi connectivity index (χ4v) is 4.45. The molecule has 2 aliphatic rings. The van der Waals surface area contributed by atoms with Crippen molar-refractivity contribution < 1.29 is 18.9 Å². The Balaban J connectivity index is 1.33. The summed E-state index contributed by atoms with van der Waals surface area (Å²) in [7, 11) is 2.45. The maximum absolute atomic E-state index is 13.2. The third-order valence-electron chi connectivity index (χ3n) is 6.37. The van der Waals surface area contributed by atoms with Gasteiger partial charge in [0.05, 0.1) is 0 Å². The smallest absolute Gasteiger partial charge is 0.363 e. The average Bonchev–Trinajstić information content (AvgIpc) is 3.32. The van der Waals surface area contributed by atoms with Gasteiger partial charge in [0.2, 0.25) is 12.7 Å². The zero-order valence-electron chi connectivity index (χ0n) is 19.3. The predicted octanol–water partition coefficient (Wildman–Crippen LogP) is 1.81. The van der Waals surface area contributed by atoms with Crippen molar-refractivity contribution in [3.63, 3.8) is 0 Å². The summed E-state index contributed by atoms with van der Waals surface area (Å²) in [5.74, 6) is 2.04. The van der Waals surface area contributed by atoms with Crippen molar-refractivity contribution in [1.82, 2.24) is 20.4 Å². The fraction of sp³-hybridized carbons (Fsp3) is 0.500. The minimum absolute atomic E-state index is 0.0298. The van der Waals surface area contributed by atoms with E-state index in [4.69, 9.17) is 14.1 Å². The van der Waals surface area contributed by atoms with Gasteiger partial charge < -0.3 is 29.6 Å². The van der Waals surface area contributed by atoms with Crippen LogP contribution in [-0.2, 0) is 15.9 Å². The molecule has 0 radical (unpaired) electrons. The van der Waals surface area contributed by atoms with Crippen molar-refractivity contribution >= 4 is 13.5 Å². The van der Waals surface area contributed by atoms with Gasteiger partial charge in [-0.2, -0.15) is 0 Å². The van der Waals surface area contributed by atoms with Crippen molar-refractivity contribution in [1.29, 1.82) is 0 Å². The number of carbonyl (C=O) groups is 1. The first-order chi connectivity index (χ1) is 16.2.